The van der Waals surface area contributed by atoms with Crippen LogP contribution in [0.15, 0.2) is 170 Å². The van der Waals surface area contributed by atoms with Crippen LogP contribution in [0.3, 0.4) is 0 Å². The summed E-state index contributed by atoms with van der Waals surface area (Å²) >= 11 is 0. The molecule has 4 aliphatic carbocycles. The molecule has 0 amide bonds. The minimum Gasteiger partial charge on any atom is -0.0844 e. The molecule has 37 heavy (non-hydrogen) atoms. The van der Waals surface area contributed by atoms with Crippen LogP contribution >= 0.6 is 0 Å². The summed E-state index contributed by atoms with van der Waals surface area (Å²) < 4.78 is 0. The fraction of sp³-hybridized carbons (Fsp3) is 0.243. The zero-order valence-corrected chi connectivity index (χ0v) is 21.8. The van der Waals surface area contributed by atoms with E-state index in [0.717, 1.165) is 51.4 Å². The molecule has 0 atom stereocenters. The van der Waals surface area contributed by atoms with Crippen LogP contribution in [-0.2, 0) is 0 Å². The summed E-state index contributed by atoms with van der Waals surface area (Å²) in [5.41, 5.74) is 0. The average molecular weight is 495 g/mol. The van der Waals surface area contributed by atoms with Gasteiger partial charge in [0.15, 0.2) is 0 Å². The van der Waals surface area contributed by atoms with Crippen molar-refractivity contribution in [3.8, 4) is 0 Å². The van der Waals surface area contributed by atoms with Gasteiger partial charge in [-0.05, 0) is 51.4 Å². The standard InChI is InChI=1S/4C6H8.2C6H6.CH4/c6*1-2-4-6-5-3-1;/h4*1-2,5-6H,3-4H2;2*1-6H;1H4/p+2. The molecule has 0 spiro atoms. The Kier molecular flexibility index (Phi) is 27.4. The molecule has 0 radical (unpaired) electrons. The molecule has 6 rings (SSSR count). The zero-order valence-electron chi connectivity index (χ0n) is 23.8. The van der Waals surface area contributed by atoms with Crippen LogP contribution in [0, 0.1) is 0 Å². The van der Waals surface area contributed by atoms with E-state index in [4.69, 9.17) is 0 Å². The van der Waals surface area contributed by atoms with Crippen molar-refractivity contribution in [2.45, 2.75) is 58.8 Å². The van der Waals surface area contributed by atoms with Crippen LogP contribution in [-0.4, -0.2) is 0 Å². The zero-order chi connectivity index (χ0) is 25.5. The van der Waals surface area contributed by atoms with E-state index in [9.17, 15) is 0 Å². The quantitative estimate of drug-likeness (QED) is 0.319. The highest BCUT2D eigenvalue weighted by molar-refractivity contribution is 5.04. The predicted octanol–water partition coefficient (Wildman–Crippen LogP) is 11.8. The Labute approximate surface area is 231 Å². The largest absolute Gasteiger partial charge is 1.00 e. The smallest absolute Gasteiger partial charge is 0.0844 e. The fourth-order valence-corrected chi connectivity index (χ4v) is 2.94. The molecule has 196 valence electrons. The van der Waals surface area contributed by atoms with Crippen LogP contribution < -0.4 is 0 Å². The molecule has 0 heteroatoms. The number of hydrogen-bond donors (Lipinski definition) is 0. The van der Waals surface area contributed by atoms with Gasteiger partial charge < -0.3 is 0 Å². The van der Waals surface area contributed by atoms with Crippen LogP contribution in [0.4, 0.5) is 0 Å². The first-order chi connectivity index (χ1) is 18.0. The van der Waals surface area contributed by atoms with Crippen LogP contribution in [0.5, 0.6) is 0 Å². The van der Waals surface area contributed by atoms with E-state index in [2.05, 4.69) is 97.2 Å². The van der Waals surface area contributed by atoms with Crippen LogP contribution in [0.25, 0.3) is 0 Å². The monoisotopic (exact) mass is 494 g/mol. The molecule has 2 aromatic rings. The van der Waals surface area contributed by atoms with E-state index in [1.807, 2.05) is 72.8 Å². The second-order valence-electron chi connectivity index (χ2n) is 7.97. The van der Waals surface area contributed by atoms with Crippen molar-refractivity contribution in [1.29, 1.82) is 0 Å². The lowest BCUT2D eigenvalue weighted by Gasteiger charge is -1.87. The molecule has 0 saturated carbocycles. The summed E-state index contributed by atoms with van der Waals surface area (Å²) in [6.07, 6.45) is 44.0. The Hall–Kier alpha value is -3.64. The first kappa shape index (κ1) is 33.4. The Morgan fingerprint density at radius 2 is 0.270 bits per heavy atom. The van der Waals surface area contributed by atoms with Gasteiger partial charge in [0.25, 0.3) is 0 Å². The fourth-order valence-electron chi connectivity index (χ4n) is 2.94. The highest BCUT2D eigenvalue weighted by atomic mass is 13.8. The molecule has 2 aromatic carbocycles. The molecule has 0 N–H and O–H groups in total. The molecule has 4 aliphatic rings. The minimum absolute atomic E-state index is 0. The number of benzene rings is 2. The maximum atomic E-state index is 2.18. The molecule has 0 saturated heterocycles. The van der Waals surface area contributed by atoms with Gasteiger partial charge in [0.1, 0.15) is 0 Å². The molecule has 0 nitrogen and oxygen atoms in total. The predicted molar refractivity (Wildman–Crippen MR) is 172 cm³/mol. The van der Waals surface area contributed by atoms with Crippen molar-refractivity contribution in [2.24, 2.45) is 0 Å². The number of allylic oxidation sites excluding steroid dienone is 16. The Morgan fingerprint density at radius 3 is 0.324 bits per heavy atom. The number of rotatable bonds is 0. The van der Waals surface area contributed by atoms with E-state index in [-0.39, 0.29) is 10.3 Å². The van der Waals surface area contributed by atoms with E-state index in [0.29, 0.717) is 0 Å². The van der Waals surface area contributed by atoms with Crippen LogP contribution in [0.2, 0.25) is 0 Å². The maximum absolute atomic E-state index is 2.18. The summed E-state index contributed by atoms with van der Waals surface area (Å²) in [6.45, 7) is 0. The molecule has 0 aromatic heterocycles. The van der Waals surface area contributed by atoms with Gasteiger partial charge in [0, 0.05) is 0 Å². The van der Waals surface area contributed by atoms with Crippen molar-refractivity contribution in [2.75, 3.05) is 0 Å². The van der Waals surface area contributed by atoms with Crippen molar-refractivity contribution in [3.05, 3.63) is 170 Å². The summed E-state index contributed by atoms with van der Waals surface area (Å²) in [6, 6.07) is 24.0. The first-order valence-corrected chi connectivity index (χ1v) is 13.2. The van der Waals surface area contributed by atoms with Gasteiger partial charge in [-0.2, -0.15) is 0 Å². The van der Waals surface area contributed by atoms with Crippen molar-refractivity contribution < 1.29 is 2.85 Å². The van der Waals surface area contributed by atoms with Gasteiger partial charge in [-0.15, -0.1) is 0 Å². The molecule has 0 aliphatic heterocycles. The summed E-state index contributed by atoms with van der Waals surface area (Å²) in [7, 11) is 0. The normalized spacial score (nSPS) is 14.7. The SMILES string of the molecule is C.C1=CCC=CC1.C1=CCC=CC1.C1=CCC=CC1.C1=CCC=CC1.[H+].[H+].c1ccccc1.c1ccccc1. The van der Waals surface area contributed by atoms with Gasteiger partial charge in [-0.25, -0.2) is 0 Å². The molecule has 0 bridgehead atoms. The van der Waals surface area contributed by atoms with Gasteiger partial charge in [-0.3, -0.25) is 0 Å². The minimum atomic E-state index is 0. The van der Waals surface area contributed by atoms with Gasteiger partial charge in [0.2, 0.25) is 0 Å². The van der Waals surface area contributed by atoms with E-state index >= 15 is 0 Å². The Bertz CT molecular complexity index is 669. The van der Waals surface area contributed by atoms with Gasteiger partial charge in [-0.1, -0.05) is 177 Å². The Morgan fingerprint density at radius 1 is 0.189 bits per heavy atom. The molecule has 0 fully saturated rings. The third kappa shape index (κ3) is 28.5. The first-order valence-electron chi connectivity index (χ1n) is 13.2. The Balaban J connectivity index is -0.000000393. The van der Waals surface area contributed by atoms with E-state index < -0.39 is 0 Å². The number of hydrogen-bond acceptors (Lipinski definition) is 0. The van der Waals surface area contributed by atoms with Crippen LogP contribution in [0.1, 0.15) is 61.6 Å². The summed E-state index contributed by atoms with van der Waals surface area (Å²) in [4.78, 5) is 0. The topological polar surface area (TPSA) is 0 Å². The summed E-state index contributed by atoms with van der Waals surface area (Å²) in [5, 5.41) is 0. The van der Waals surface area contributed by atoms with E-state index in [1.165, 1.54) is 0 Å². The van der Waals surface area contributed by atoms with Crippen molar-refractivity contribution >= 4 is 0 Å². The van der Waals surface area contributed by atoms with Gasteiger partial charge in [0.05, 0.1) is 0 Å². The second-order valence-corrected chi connectivity index (χ2v) is 7.97. The molecule has 0 unspecified atom stereocenters. The highest BCUT2D eigenvalue weighted by Crippen LogP contribution is 1.98. The third-order valence-electron chi connectivity index (χ3n) is 4.84. The summed E-state index contributed by atoms with van der Waals surface area (Å²) in [5.74, 6) is 0. The second kappa shape index (κ2) is 30.4. The lowest BCUT2D eigenvalue weighted by molar-refractivity contribution is 1.23. The maximum Gasteiger partial charge on any atom is 1.00 e. The molecule has 0 heterocycles. The lowest BCUT2D eigenvalue weighted by Crippen LogP contribution is -1.66. The molecular formula is C37H50+2. The molecular weight excluding hydrogens is 444 g/mol. The lowest BCUT2D eigenvalue weighted by atomic mass is 10.2. The van der Waals surface area contributed by atoms with Gasteiger partial charge >= 0.3 is 2.85 Å². The van der Waals surface area contributed by atoms with Crippen molar-refractivity contribution in [3.63, 3.8) is 0 Å². The average Bonchev–Trinajstić information content (AvgIpc) is 3.04. The van der Waals surface area contributed by atoms with E-state index in [1.54, 1.807) is 0 Å². The highest BCUT2D eigenvalue weighted by Gasteiger charge is 1.78. The van der Waals surface area contributed by atoms with Crippen molar-refractivity contribution in [1.82, 2.24) is 0 Å². The third-order valence-corrected chi connectivity index (χ3v) is 4.84.